The molecule has 1 N–H and O–H groups in total. The van der Waals surface area contributed by atoms with E-state index in [1.165, 1.54) is 12.1 Å². The van der Waals surface area contributed by atoms with Gasteiger partial charge in [0.2, 0.25) is 11.8 Å². The molecule has 1 aliphatic heterocycles. The average Bonchev–Trinajstić information content (AvgIpc) is 3.47. The van der Waals surface area contributed by atoms with Crippen molar-refractivity contribution in [3.63, 3.8) is 0 Å². The normalized spacial score (nSPS) is 25.4. The van der Waals surface area contributed by atoms with E-state index in [2.05, 4.69) is 5.32 Å². The lowest BCUT2D eigenvalue weighted by molar-refractivity contribution is -0.154. The maximum atomic E-state index is 12.6. The number of likely N-dealkylation sites (tertiary alicyclic amines) is 1. The van der Waals surface area contributed by atoms with Gasteiger partial charge >= 0.3 is 11.9 Å². The summed E-state index contributed by atoms with van der Waals surface area (Å²) in [6, 6.07) is 6.14. The van der Waals surface area contributed by atoms with Crippen LogP contribution in [-0.2, 0) is 28.7 Å². The molecule has 2 saturated carbocycles. The summed E-state index contributed by atoms with van der Waals surface area (Å²) in [5, 5.41) is 2.56. The molecule has 0 unspecified atom stereocenters. The van der Waals surface area contributed by atoms with Crippen LogP contribution in [0.4, 0.5) is 5.69 Å². The minimum absolute atomic E-state index is 0.228. The number of benzene rings is 1. The number of ether oxygens (including phenoxy) is 2. The van der Waals surface area contributed by atoms with Crippen molar-refractivity contribution in [1.82, 2.24) is 4.90 Å². The number of amides is 3. The molecular formula is C24H28N2O7. The quantitative estimate of drug-likeness (QED) is 0.469. The maximum absolute atomic E-state index is 12.6. The maximum Gasteiger partial charge on any atom is 0.338 e. The first-order valence-electron chi connectivity index (χ1n) is 11.3. The molecule has 1 aromatic carbocycles. The lowest BCUT2D eigenvalue weighted by atomic mass is 9.81. The summed E-state index contributed by atoms with van der Waals surface area (Å²) in [5.41, 5.74) is 0.780. The summed E-state index contributed by atoms with van der Waals surface area (Å²) < 4.78 is 10.1. The van der Waals surface area contributed by atoms with E-state index < -0.39 is 31.0 Å². The van der Waals surface area contributed by atoms with Crippen LogP contribution in [0.25, 0.3) is 0 Å². The highest BCUT2D eigenvalue weighted by atomic mass is 16.5. The van der Waals surface area contributed by atoms with Crippen LogP contribution in [0.1, 0.15) is 43.5 Å². The SMILES string of the molecule is CC(C)COC(=O)c1ccc(NC(=O)COC(=O)CN2C(=O)[C@@H]3[C@H]4CC[C@@H](C4)[C@H]3C2=O)cc1. The fourth-order valence-corrected chi connectivity index (χ4v) is 5.16. The number of fused-ring (bicyclic) bond motifs is 5. The Hall–Kier alpha value is -3.23. The molecule has 0 spiro atoms. The summed E-state index contributed by atoms with van der Waals surface area (Å²) in [6.07, 6.45) is 2.85. The fourth-order valence-electron chi connectivity index (χ4n) is 5.16. The Kier molecular flexibility index (Phi) is 6.49. The first-order valence-corrected chi connectivity index (χ1v) is 11.3. The zero-order chi connectivity index (χ0) is 23.7. The first-order chi connectivity index (χ1) is 15.7. The summed E-state index contributed by atoms with van der Waals surface area (Å²) in [7, 11) is 0. The van der Waals surface area contributed by atoms with Crippen LogP contribution >= 0.6 is 0 Å². The Labute approximate surface area is 191 Å². The third-order valence-corrected chi connectivity index (χ3v) is 6.62. The smallest absolute Gasteiger partial charge is 0.338 e. The molecule has 1 saturated heterocycles. The van der Waals surface area contributed by atoms with Gasteiger partial charge < -0.3 is 14.8 Å². The van der Waals surface area contributed by atoms with E-state index in [0.29, 0.717) is 17.9 Å². The van der Waals surface area contributed by atoms with Crippen molar-refractivity contribution < 1.29 is 33.4 Å². The summed E-state index contributed by atoms with van der Waals surface area (Å²) >= 11 is 0. The van der Waals surface area contributed by atoms with E-state index in [1.54, 1.807) is 12.1 Å². The van der Waals surface area contributed by atoms with Gasteiger partial charge in [0.15, 0.2) is 6.61 Å². The van der Waals surface area contributed by atoms with Gasteiger partial charge in [0.1, 0.15) is 6.54 Å². The van der Waals surface area contributed by atoms with Crippen LogP contribution in [0.15, 0.2) is 24.3 Å². The molecule has 3 amide bonds. The Morgan fingerprint density at radius 2 is 1.61 bits per heavy atom. The molecule has 2 bridgehead atoms. The van der Waals surface area contributed by atoms with Gasteiger partial charge in [-0.1, -0.05) is 13.8 Å². The molecule has 176 valence electrons. The van der Waals surface area contributed by atoms with Crippen molar-refractivity contribution in [2.24, 2.45) is 29.6 Å². The van der Waals surface area contributed by atoms with Crippen molar-refractivity contribution in [3.05, 3.63) is 29.8 Å². The van der Waals surface area contributed by atoms with Gasteiger partial charge in [-0.05, 0) is 61.3 Å². The summed E-state index contributed by atoms with van der Waals surface area (Å²) in [6.45, 7) is 3.18. The molecule has 1 aromatic rings. The molecule has 9 heteroatoms. The second-order valence-corrected chi connectivity index (χ2v) is 9.43. The second kappa shape index (κ2) is 9.33. The molecule has 33 heavy (non-hydrogen) atoms. The van der Waals surface area contributed by atoms with E-state index in [-0.39, 0.29) is 41.4 Å². The third-order valence-electron chi connectivity index (χ3n) is 6.62. The number of carbonyl (C=O) groups excluding carboxylic acids is 5. The van der Waals surface area contributed by atoms with E-state index in [4.69, 9.17) is 9.47 Å². The molecule has 2 aliphatic carbocycles. The van der Waals surface area contributed by atoms with Crippen LogP contribution in [0, 0.1) is 29.6 Å². The molecule has 0 aromatic heterocycles. The van der Waals surface area contributed by atoms with Crippen molar-refractivity contribution in [3.8, 4) is 0 Å². The highest BCUT2D eigenvalue weighted by molar-refractivity contribution is 6.08. The molecule has 9 nitrogen and oxygen atoms in total. The Balaban J connectivity index is 1.22. The Bertz CT molecular complexity index is 944. The molecule has 3 aliphatic rings. The molecule has 4 rings (SSSR count). The van der Waals surface area contributed by atoms with Crippen LogP contribution in [-0.4, -0.2) is 54.3 Å². The van der Waals surface area contributed by atoms with Crippen molar-refractivity contribution in [2.45, 2.75) is 33.1 Å². The standard InChI is InChI=1S/C24H28N2O7/c1-13(2)11-33-24(31)14-5-7-17(8-6-14)25-18(27)12-32-19(28)10-26-22(29)20-15-3-4-16(9-15)21(20)23(26)30/h5-8,13,15-16,20-21H,3-4,9-12H2,1-2H3,(H,25,27)/t15-,16-,20+,21+/m0/s1. The number of imide groups is 1. The number of hydrogen-bond acceptors (Lipinski definition) is 7. The van der Waals surface area contributed by atoms with Gasteiger partial charge in [0, 0.05) is 5.69 Å². The number of esters is 2. The molecule has 3 fully saturated rings. The minimum atomic E-state index is -0.803. The lowest BCUT2D eigenvalue weighted by Crippen LogP contribution is -2.38. The van der Waals surface area contributed by atoms with Gasteiger partial charge in [0.05, 0.1) is 24.0 Å². The average molecular weight is 456 g/mol. The van der Waals surface area contributed by atoms with Crippen LogP contribution in [0.2, 0.25) is 0 Å². The van der Waals surface area contributed by atoms with E-state index in [9.17, 15) is 24.0 Å². The molecular weight excluding hydrogens is 428 g/mol. The predicted octanol–water partition coefficient (Wildman–Crippen LogP) is 2.01. The Morgan fingerprint density at radius 3 is 2.18 bits per heavy atom. The van der Waals surface area contributed by atoms with Crippen molar-refractivity contribution in [1.29, 1.82) is 0 Å². The zero-order valence-electron chi connectivity index (χ0n) is 18.7. The van der Waals surface area contributed by atoms with Gasteiger partial charge in [-0.25, -0.2) is 4.79 Å². The van der Waals surface area contributed by atoms with Gasteiger partial charge in [-0.3, -0.25) is 24.1 Å². The number of carbonyl (C=O) groups is 5. The number of hydrogen-bond donors (Lipinski definition) is 1. The first kappa shape index (κ1) is 22.9. The minimum Gasteiger partial charge on any atom is -0.462 e. The van der Waals surface area contributed by atoms with Crippen LogP contribution in [0.5, 0.6) is 0 Å². The lowest BCUT2D eigenvalue weighted by Gasteiger charge is -2.19. The van der Waals surface area contributed by atoms with Gasteiger partial charge in [-0.2, -0.15) is 0 Å². The largest absolute Gasteiger partial charge is 0.462 e. The third kappa shape index (κ3) is 4.77. The molecule has 0 radical (unpaired) electrons. The summed E-state index contributed by atoms with van der Waals surface area (Å²) in [5.74, 6) is -2.27. The Morgan fingerprint density at radius 1 is 1.00 bits per heavy atom. The highest BCUT2D eigenvalue weighted by Gasteiger charge is 2.61. The second-order valence-electron chi connectivity index (χ2n) is 9.43. The predicted molar refractivity (Wildman–Crippen MR) is 116 cm³/mol. The van der Waals surface area contributed by atoms with Gasteiger partial charge in [0.25, 0.3) is 5.91 Å². The van der Waals surface area contributed by atoms with E-state index >= 15 is 0 Å². The number of nitrogens with zero attached hydrogens (tertiary/aromatic N) is 1. The number of anilines is 1. The molecule has 1 heterocycles. The van der Waals surface area contributed by atoms with Crippen LogP contribution < -0.4 is 5.32 Å². The van der Waals surface area contributed by atoms with Crippen molar-refractivity contribution >= 4 is 35.3 Å². The fraction of sp³-hybridized carbons (Fsp3) is 0.542. The highest BCUT2D eigenvalue weighted by Crippen LogP contribution is 2.56. The van der Waals surface area contributed by atoms with E-state index in [0.717, 1.165) is 24.2 Å². The zero-order valence-corrected chi connectivity index (χ0v) is 18.7. The molecule has 4 atom stereocenters. The monoisotopic (exact) mass is 456 g/mol. The number of rotatable bonds is 8. The van der Waals surface area contributed by atoms with E-state index in [1.807, 2.05) is 13.8 Å². The van der Waals surface area contributed by atoms with Gasteiger partial charge in [-0.15, -0.1) is 0 Å². The number of nitrogens with one attached hydrogen (secondary N) is 1. The topological polar surface area (TPSA) is 119 Å². The summed E-state index contributed by atoms with van der Waals surface area (Å²) in [4.78, 5) is 62.5. The van der Waals surface area contributed by atoms with Crippen molar-refractivity contribution in [2.75, 3.05) is 25.1 Å². The van der Waals surface area contributed by atoms with Crippen LogP contribution in [0.3, 0.4) is 0 Å².